The SMILES string of the molecule is Cc1c(Br)ccc(O)c1CC(C)N. The second-order valence-electron chi connectivity index (χ2n) is 3.35. The Morgan fingerprint density at radius 3 is 2.69 bits per heavy atom. The lowest BCUT2D eigenvalue weighted by atomic mass is 10.0. The molecule has 0 saturated carbocycles. The lowest BCUT2D eigenvalue weighted by Gasteiger charge is -2.11. The molecule has 13 heavy (non-hydrogen) atoms. The maximum atomic E-state index is 9.59. The lowest BCUT2D eigenvalue weighted by molar-refractivity contribution is 0.464. The van der Waals surface area contributed by atoms with Crippen molar-refractivity contribution < 1.29 is 5.11 Å². The average molecular weight is 244 g/mol. The first-order chi connectivity index (χ1) is 6.02. The monoisotopic (exact) mass is 243 g/mol. The molecule has 1 aromatic rings. The summed E-state index contributed by atoms with van der Waals surface area (Å²) in [7, 11) is 0. The van der Waals surface area contributed by atoms with E-state index in [0.717, 1.165) is 15.6 Å². The van der Waals surface area contributed by atoms with Gasteiger partial charge in [-0.15, -0.1) is 0 Å². The van der Waals surface area contributed by atoms with Crippen molar-refractivity contribution in [3.63, 3.8) is 0 Å². The Morgan fingerprint density at radius 2 is 2.15 bits per heavy atom. The summed E-state index contributed by atoms with van der Waals surface area (Å²) in [5.41, 5.74) is 7.69. The molecule has 0 heterocycles. The molecule has 2 nitrogen and oxygen atoms in total. The first-order valence-corrected chi connectivity index (χ1v) is 5.04. The third-order valence-electron chi connectivity index (χ3n) is 2.03. The van der Waals surface area contributed by atoms with E-state index < -0.39 is 0 Å². The average Bonchev–Trinajstić information content (AvgIpc) is 2.05. The summed E-state index contributed by atoms with van der Waals surface area (Å²) in [6.07, 6.45) is 0.705. The molecule has 3 N–H and O–H groups in total. The number of nitrogens with two attached hydrogens (primary N) is 1. The molecule has 1 aromatic carbocycles. The van der Waals surface area contributed by atoms with Crippen LogP contribution in [0.1, 0.15) is 18.1 Å². The molecule has 0 amide bonds. The Labute approximate surface area is 86.9 Å². The van der Waals surface area contributed by atoms with E-state index in [-0.39, 0.29) is 6.04 Å². The van der Waals surface area contributed by atoms with Crippen LogP contribution in [0.3, 0.4) is 0 Å². The highest BCUT2D eigenvalue weighted by Gasteiger charge is 2.09. The summed E-state index contributed by atoms with van der Waals surface area (Å²) in [6.45, 7) is 3.90. The van der Waals surface area contributed by atoms with Gasteiger partial charge in [0.1, 0.15) is 5.75 Å². The molecule has 1 unspecified atom stereocenters. The zero-order valence-corrected chi connectivity index (χ0v) is 9.43. The quantitative estimate of drug-likeness (QED) is 0.838. The lowest BCUT2D eigenvalue weighted by Crippen LogP contribution is -2.18. The molecule has 0 aliphatic carbocycles. The third kappa shape index (κ3) is 2.45. The predicted octanol–water partition coefficient (Wildman–Crippen LogP) is 2.35. The summed E-state index contributed by atoms with van der Waals surface area (Å²) < 4.78 is 1.01. The fourth-order valence-electron chi connectivity index (χ4n) is 1.29. The molecule has 0 aliphatic rings. The standard InChI is InChI=1S/C10H14BrNO/c1-6(12)5-8-7(2)9(11)3-4-10(8)13/h3-4,6,13H,5,12H2,1-2H3. The van der Waals surface area contributed by atoms with Crippen molar-refractivity contribution in [1.82, 2.24) is 0 Å². The van der Waals surface area contributed by atoms with Crippen LogP contribution in [0, 0.1) is 6.92 Å². The molecular formula is C10H14BrNO. The van der Waals surface area contributed by atoms with Crippen molar-refractivity contribution in [2.75, 3.05) is 0 Å². The summed E-state index contributed by atoms with van der Waals surface area (Å²) >= 11 is 3.42. The molecule has 1 atom stereocenters. The van der Waals surface area contributed by atoms with E-state index in [9.17, 15) is 5.11 Å². The van der Waals surface area contributed by atoms with Gasteiger partial charge in [0, 0.05) is 10.5 Å². The molecule has 1 rings (SSSR count). The van der Waals surface area contributed by atoms with Crippen LogP contribution in [-0.4, -0.2) is 11.1 Å². The van der Waals surface area contributed by atoms with Crippen LogP contribution in [0.4, 0.5) is 0 Å². The Balaban J connectivity index is 3.10. The Kier molecular flexibility index (Phi) is 3.33. The maximum Gasteiger partial charge on any atom is 0.119 e. The van der Waals surface area contributed by atoms with Crippen LogP contribution in [0.2, 0.25) is 0 Å². The molecule has 72 valence electrons. The number of hydrogen-bond donors (Lipinski definition) is 2. The zero-order chi connectivity index (χ0) is 10.0. The number of benzene rings is 1. The number of rotatable bonds is 2. The van der Waals surface area contributed by atoms with Gasteiger partial charge in [-0.3, -0.25) is 0 Å². The van der Waals surface area contributed by atoms with Crippen molar-refractivity contribution in [3.8, 4) is 5.75 Å². The van der Waals surface area contributed by atoms with Crippen LogP contribution in [0.15, 0.2) is 16.6 Å². The van der Waals surface area contributed by atoms with Crippen molar-refractivity contribution >= 4 is 15.9 Å². The number of halogens is 1. The van der Waals surface area contributed by atoms with E-state index in [1.165, 1.54) is 0 Å². The topological polar surface area (TPSA) is 46.2 Å². The highest BCUT2D eigenvalue weighted by atomic mass is 79.9. The van der Waals surface area contributed by atoms with Gasteiger partial charge in [0.2, 0.25) is 0 Å². The molecule has 0 saturated heterocycles. The van der Waals surface area contributed by atoms with Crippen LogP contribution < -0.4 is 5.73 Å². The summed E-state index contributed by atoms with van der Waals surface area (Å²) in [6, 6.07) is 3.60. The second-order valence-corrected chi connectivity index (χ2v) is 4.21. The van der Waals surface area contributed by atoms with Gasteiger partial charge in [-0.05, 0) is 43.5 Å². The number of hydrogen-bond acceptors (Lipinski definition) is 2. The van der Waals surface area contributed by atoms with Gasteiger partial charge < -0.3 is 10.8 Å². The van der Waals surface area contributed by atoms with Crippen LogP contribution >= 0.6 is 15.9 Å². The molecular weight excluding hydrogens is 230 g/mol. The Hall–Kier alpha value is -0.540. The first-order valence-electron chi connectivity index (χ1n) is 4.25. The van der Waals surface area contributed by atoms with Crippen LogP contribution in [-0.2, 0) is 6.42 Å². The summed E-state index contributed by atoms with van der Waals surface area (Å²) in [5, 5.41) is 9.59. The van der Waals surface area contributed by atoms with Gasteiger partial charge in [-0.1, -0.05) is 15.9 Å². The fraction of sp³-hybridized carbons (Fsp3) is 0.400. The van der Waals surface area contributed by atoms with E-state index in [0.29, 0.717) is 12.2 Å². The minimum absolute atomic E-state index is 0.0684. The molecule has 3 heteroatoms. The third-order valence-corrected chi connectivity index (χ3v) is 2.89. The zero-order valence-electron chi connectivity index (χ0n) is 7.84. The highest BCUT2D eigenvalue weighted by molar-refractivity contribution is 9.10. The minimum atomic E-state index is 0.0684. The minimum Gasteiger partial charge on any atom is -0.508 e. The first kappa shape index (κ1) is 10.5. The fourth-order valence-corrected chi connectivity index (χ4v) is 1.67. The second kappa shape index (κ2) is 4.11. The van der Waals surface area contributed by atoms with E-state index in [4.69, 9.17) is 5.73 Å². The van der Waals surface area contributed by atoms with E-state index in [1.807, 2.05) is 19.9 Å². The summed E-state index contributed by atoms with van der Waals surface area (Å²) in [5.74, 6) is 0.331. The highest BCUT2D eigenvalue weighted by Crippen LogP contribution is 2.28. The molecule has 0 spiro atoms. The van der Waals surface area contributed by atoms with Gasteiger partial charge in [-0.2, -0.15) is 0 Å². The molecule has 0 fully saturated rings. The smallest absolute Gasteiger partial charge is 0.119 e. The molecule has 0 radical (unpaired) electrons. The summed E-state index contributed by atoms with van der Waals surface area (Å²) in [4.78, 5) is 0. The number of aromatic hydroxyl groups is 1. The van der Waals surface area contributed by atoms with Crippen LogP contribution in [0.5, 0.6) is 5.75 Å². The van der Waals surface area contributed by atoms with Crippen LogP contribution in [0.25, 0.3) is 0 Å². The predicted molar refractivity (Wildman–Crippen MR) is 57.9 cm³/mol. The van der Waals surface area contributed by atoms with Crippen molar-refractivity contribution in [2.24, 2.45) is 5.73 Å². The number of phenolic OH excluding ortho intramolecular Hbond substituents is 1. The van der Waals surface area contributed by atoms with E-state index in [1.54, 1.807) is 6.07 Å². The number of phenols is 1. The Bertz CT molecular complexity index is 310. The van der Waals surface area contributed by atoms with Crippen molar-refractivity contribution in [2.45, 2.75) is 26.3 Å². The van der Waals surface area contributed by atoms with Gasteiger partial charge in [0.05, 0.1) is 0 Å². The Morgan fingerprint density at radius 1 is 1.54 bits per heavy atom. The molecule has 0 aromatic heterocycles. The molecule has 0 bridgehead atoms. The van der Waals surface area contributed by atoms with Gasteiger partial charge >= 0.3 is 0 Å². The largest absolute Gasteiger partial charge is 0.508 e. The van der Waals surface area contributed by atoms with Gasteiger partial charge in [0.15, 0.2) is 0 Å². The van der Waals surface area contributed by atoms with E-state index in [2.05, 4.69) is 15.9 Å². The van der Waals surface area contributed by atoms with Crippen molar-refractivity contribution in [1.29, 1.82) is 0 Å². The normalized spacial score (nSPS) is 12.9. The van der Waals surface area contributed by atoms with Gasteiger partial charge in [0.25, 0.3) is 0 Å². The van der Waals surface area contributed by atoms with E-state index >= 15 is 0 Å². The van der Waals surface area contributed by atoms with Crippen molar-refractivity contribution in [3.05, 3.63) is 27.7 Å². The van der Waals surface area contributed by atoms with Gasteiger partial charge in [-0.25, -0.2) is 0 Å². The molecule has 0 aliphatic heterocycles. The maximum absolute atomic E-state index is 9.59.